The summed E-state index contributed by atoms with van der Waals surface area (Å²) in [6.45, 7) is 11.7. The zero-order chi connectivity index (χ0) is 30.4. The van der Waals surface area contributed by atoms with E-state index in [0.717, 1.165) is 25.7 Å². The number of fused-ring (bicyclic) bond motifs is 6. The number of aromatic nitrogens is 2. The normalized spacial score (nSPS) is 17.5. The summed E-state index contributed by atoms with van der Waals surface area (Å²) >= 11 is 0. The molecule has 0 N–H and O–H groups in total. The van der Waals surface area contributed by atoms with Crippen molar-refractivity contribution in [1.29, 1.82) is 0 Å². The van der Waals surface area contributed by atoms with Crippen LogP contribution >= 0.6 is 0 Å². The van der Waals surface area contributed by atoms with E-state index in [4.69, 9.17) is 0 Å². The van der Waals surface area contributed by atoms with E-state index >= 15 is 0 Å². The molecule has 0 radical (unpaired) electrons. The van der Waals surface area contributed by atoms with Crippen LogP contribution in [0.1, 0.15) is 92.8 Å². The quantitative estimate of drug-likeness (QED) is 0.162. The second kappa shape index (κ2) is 11.5. The van der Waals surface area contributed by atoms with Gasteiger partial charge in [-0.25, -0.2) is 0 Å². The molecule has 5 aromatic rings. The Morgan fingerprint density at radius 1 is 0.682 bits per heavy atom. The van der Waals surface area contributed by atoms with Crippen molar-refractivity contribution in [3.63, 3.8) is 0 Å². The van der Waals surface area contributed by atoms with Gasteiger partial charge in [0.1, 0.15) is 0 Å². The highest BCUT2D eigenvalue weighted by Crippen LogP contribution is 2.51. The Hall–Kier alpha value is -4.04. The fourth-order valence-corrected chi connectivity index (χ4v) is 8.63. The van der Waals surface area contributed by atoms with Gasteiger partial charge >= 0.3 is 0 Å². The minimum Gasteiger partial charge on any atom is -0.191 e. The molecule has 222 valence electrons. The first kappa shape index (κ1) is 28.7. The molecule has 0 saturated heterocycles. The van der Waals surface area contributed by atoms with Crippen molar-refractivity contribution in [2.75, 3.05) is 0 Å². The Kier molecular flexibility index (Phi) is 7.49. The van der Waals surface area contributed by atoms with Gasteiger partial charge in [-0.3, -0.25) is 0 Å². The Morgan fingerprint density at radius 2 is 1.45 bits per heavy atom. The molecule has 0 bridgehead atoms. The third-order valence-corrected chi connectivity index (χ3v) is 10.9. The topological polar surface area (TPSA) is 7.76 Å². The lowest BCUT2D eigenvalue weighted by atomic mass is 9.67. The Morgan fingerprint density at radius 3 is 2.23 bits per heavy atom. The van der Waals surface area contributed by atoms with Gasteiger partial charge in [0, 0.05) is 55.5 Å². The van der Waals surface area contributed by atoms with Crippen molar-refractivity contribution in [3.05, 3.63) is 131 Å². The van der Waals surface area contributed by atoms with Gasteiger partial charge in [0.05, 0.1) is 17.0 Å². The van der Waals surface area contributed by atoms with Gasteiger partial charge < -0.3 is 0 Å². The van der Waals surface area contributed by atoms with Crippen molar-refractivity contribution < 1.29 is 9.13 Å². The third-order valence-electron chi connectivity index (χ3n) is 10.9. The molecule has 2 aromatic heterocycles. The number of pyridine rings is 2. The van der Waals surface area contributed by atoms with Crippen LogP contribution in [0.4, 0.5) is 0 Å². The van der Waals surface area contributed by atoms with Crippen LogP contribution in [0.25, 0.3) is 33.6 Å². The lowest BCUT2D eigenvalue weighted by molar-refractivity contribution is -0.770. The van der Waals surface area contributed by atoms with Crippen LogP contribution in [-0.2, 0) is 12.0 Å². The minimum absolute atomic E-state index is 0.00380. The SMILES string of the molecule is CCCCc1ccc2c(c1)-c1cccc(C)[n+]1C(CC)(CC)C2CC1c2ccccc2-c2cc(C)c(-c3ccccc3)c[n+]21. The first-order chi connectivity index (χ1) is 21.5. The highest BCUT2D eigenvalue weighted by atomic mass is 15.1. The van der Waals surface area contributed by atoms with Gasteiger partial charge in [-0.15, -0.1) is 0 Å². The molecule has 2 aliphatic heterocycles. The van der Waals surface area contributed by atoms with Crippen LogP contribution in [0.2, 0.25) is 0 Å². The molecule has 2 atom stereocenters. The summed E-state index contributed by atoms with van der Waals surface area (Å²) in [5, 5.41) is 0. The van der Waals surface area contributed by atoms with E-state index in [1.165, 1.54) is 74.4 Å². The predicted molar refractivity (Wildman–Crippen MR) is 182 cm³/mol. The monoisotopic (exact) mass is 578 g/mol. The zero-order valence-corrected chi connectivity index (χ0v) is 27.1. The fraction of sp³-hybridized carbons (Fsp3) is 0.333. The summed E-state index contributed by atoms with van der Waals surface area (Å²) in [6.07, 6.45) is 9.32. The Labute approximate surface area is 264 Å². The van der Waals surface area contributed by atoms with E-state index in [9.17, 15) is 0 Å². The van der Waals surface area contributed by atoms with Crippen LogP contribution in [0.3, 0.4) is 0 Å². The maximum absolute atomic E-state index is 2.74. The molecule has 0 amide bonds. The molecule has 2 aliphatic rings. The predicted octanol–water partition coefficient (Wildman–Crippen LogP) is 9.83. The number of unbranched alkanes of at least 4 members (excludes halogenated alkanes) is 1. The molecule has 3 aromatic carbocycles. The summed E-state index contributed by atoms with van der Waals surface area (Å²) < 4.78 is 5.35. The average Bonchev–Trinajstić information content (AvgIpc) is 3.36. The number of benzene rings is 3. The highest BCUT2D eigenvalue weighted by Gasteiger charge is 2.54. The van der Waals surface area contributed by atoms with E-state index in [-0.39, 0.29) is 11.6 Å². The van der Waals surface area contributed by atoms with Crippen molar-refractivity contribution in [2.45, 2.75) is 90.6 Å². The molecular weight excluding hydrogens is 532 g/mol. The summed E-state index contributed by atoms with van der Waals surface area (Å²) in [6, 6.07) is 37.2. The second-order valence-corrected chi connectivity index (χ2v) is 13.1. The third kappa shape index (κ3) is 4.45. The lowest BCUT2D eigenvalue weighted by Crippen LogP contribution is -2.64. The summed E-state index contributed by atoms with van der Waals surface area (Å²) in [5.74, 6) is 0.379. The van der Waals surface area contributed by atoms with E-state index in [2.05, 4.69) is 147 Å². The van der Waals surface area contributed by atoms with Gasteiger partial charge in [-0.1, -0.05) is 87.9 Å². The molecule has 2 nitrogen and oxygen atoms in total. The minimum atomic E-state index is 0.00380. The molecule has 2 heteroatoms. The summed E-state index contributed by atoms with van der Waals surface area (Å²) in [4.78, 5) is 0. The highest BCUT2D eigenvalue weighted by molar-refractivity contribution is 5.71. The summed E-state index contributed by atoms with van der Waals surface area (Å²) in [7, 11) is 0. The van der Waals surface area contributed by atoms with Crippen molar-refractivity contribution in [2.24, 2.45) is 0 Å². The molecule has 44 heavy (non-hydrogen) atoms. The smallest absolute Gasteiger partial charge is 0.191 e. The number of hydrogen-bond acceptors (Lipinski definition) is 0. The second-order valence-electron chi connectivity index (χ2n) is 13.1. The van der Waals surface area contributed by atoms with E-state index in [0.29, 0.717) is 5.92 Å². The Balaban J connectivity index is 1.43. The van der Waals surface area contributed by atoms with Crippen LogP contribution in [0.5, 0.6) is 0 Å². The van der Waals surface area contributed by atoms with Gasteiger partial charge in [0.15, 0.2) is 23.5 Å². The van der Waals surface area contributed by atoms with Crippen molar-refractivity contribution in [1.82, 2.24) is 0 Å². The van der Waals surface area contributed by atoms with Gasteiger partial charge in [-0.2, -0.15) is 9.13 Å². The number of aryl methyl sites for hydroxylation is 3. The van der Waals surface area contributed by atoms with Crippen LogP contribution in [-0.4, -0.2) is 0 Å². The zero-order valence-electron chi connectivity index (χ0n) is 27.1. The largest absolute Gasteiger partial charge is 0.213 e. The number of nitrogens with zero attached hydrogens (tertiary/aromatic N) is 2. The lowest BCUT2D eigenvalue weighted by Gasteiger charge is -2.41. The first-order valence-corrected chi connectivity index (χ1v) is 16.9. The molecule has 2 unspecified atom stereocenters. The van der Waals surface area contributed by atoms with E-state index in [1.54, 1.807) is 0 Å². The maximum Gasteiger partial charge on any atom is 0.213 e. The Bertz CT molecular complexity index is 1830. The van der Waals surface area contributed by atoms with E-state index < -0.39 is 0 Å². The maximum atomic E-state index is 2.74. The molecule has 7 rings (SSSR count). The summed E-state index contributed by atoms with van der Waals surface area (Å²) in [5.41, 5.74) is 15.3. The molecule has 0 fully saturated rings. The molecule has 4 heterocycles. The number of hydrogen-bond donors (Lipinski definition) is 0. The van der Waals surface area contributed by atoms with Crippen LogP contribution in [0, 0.1) is 13.8 Å². The van der Waals surface area contributed by atoms with Gasteiger partial charge in [-0.05, 0) is 60.2 Å². The molecule has 0 saturated carbocycles. The van der Waals surface area contributed by atoms with Crippen molar-refractivity contribution in [3.8, 4) is 33.6 Å². The van der Waals surface area contributed by atoms with Crippen LogP contribution < -0.4 is 9.13 Å². The van der Waals surface area contributed by atoms with Crippen molar-refractivity contribution >= 4 is 0 Å². The van der Waals surface area contributed by atoms with Crippen LogP contribution in [0.15, 0.2) is 103 Å². The molecular formula is C42H46N2+2. The standard InChI is InChI=1S/C42H46N2/c1-6-9-17-31-23-24-33-36(26-31)39-22-15-16-30(5)44(39)42(7-2,8-3)38(33)27-41-35-21-14-13-20-34(35)40-25-29(4)37(28-43(40)41)32-18-11-10-12-19-32/h10-16,18-26,28,38,41H,6-9,17,27H2,1-5H3/q+2. The fourth-order valence-electron chi connectivity index (χ4n) is 8.63. The first-order valence-electron chi connectivity index (χ1n) is 16.9. The number of rotatable bonds is 8. The van der Waals surface area contributed by atoms with Gasteiger partial charge in [0.25, 0.3) is 0 Å². The van der Waals surface area contributed by atoms with E-state index in [1.807, 2.05) is 0 Å². The average molecular weight is 579 g/mol. The molecule has 0 spiro atoms. The molecule has 0 aliphatic carbocycles. The van der Waals surface area contributed by atoms with Gasteiger partial charge in [0.2, 0.25) is 11.4 Å².